The number of alkyl halides is 4. The number of fused-ring (bicyclic) bond motifs is 2. The van der Waals surface area contributed by atoms with Crippen LogP contribution >= 0.6 is 34.8 Å². The number of ketones is 1. The number of hydrogen-bond donors (Lipinski definition) is 0. The molecule has 418 valence electrons. The summed E-state index contributed by atoms with van der Waals surface area (Å²) in [5.74, 6) is -4.42. The molecule has 20 nitrogen and oxygen atoms in total. The van der Waals surface area contributed by atoms with Crippen molar-refractivity contribution in [2.45, 2.75) is 96.7 Å². The first-order valence-corrected chi connectivity index (χ1v) is 33.3. The first-order valence-electron chi connectivity index (χ1n) is 21.7. The molecule has 2 aromatic heterocycles. The van der Waals surface area contributed by atoms with Crippen molar-refractivity contribution >= 4 is 125 Å². The van der Waals surface area contributed by atoms with Crippen LogP contribution in [0, 0.1) is 25.7 Å². The first kappa shape index (κ1) is 65.8. The molecule has 0 N–H and O–H groups in total. The monoisotopic (exact) mass is 1370 g/mol. The van der Waals surface area contributed by atoms with Gasteiger partial charge in [-0.1, -0.05) is 66.3 Å². The molecule has 0 atom stereocenters. The van der Waals surface area contributed by atoms with E-state index in [9.17, 15) is 53.6 Å². The van der Waals surface area contributed by atoms with Gasteiger partial charge in [-0.15, -0.1) is 0 Å². The second-order valence-corrected chi connectivity index (χ2v) is 37.4. The predicted molar refractivity (Wildman–Crippen MR) is 275 cm³/mol. The number of halogens is 7. The molecule has 0 aliphatic carbocycles. The Morgan fingerprint density at radius 1 is 0.750 bits per heavy atom. The van der Waals surface area contributed by atoms with Crippen LogP contribution in [0.1, 0.15) is 96.2 Å². The number of aromatic nitrogens is 4. The van der Waals surface area contributed by atoms with E-state index in [1.54, 1.807) is 60.6 Å². The van der Waals surface area contributed by atoms with Gasteiger partial charge in [0.15, 0.2) is 28.8 Å². The standard InChI is InChI=1S/C19H18ClF2N3O4S.C8H7F2N3O3S.C7H6Cl.C4H7ClO.2C2H3O2.C2H4O2.2CH4.Pb/c1-10(2)19(26)29-16-15-18(24-7-6-23-15)25(9-14(21)22)30(27,28)17(16)12-5-4-11(3)8-13(12)20;9-6(10)3-13-8-7(11-1-2-12-8)5(14)4-17(13,15)16;1-6-4-2-3-5-7(6)8;1-3(2)4(5)6;2*1-2-3-4-2;1-2(3)4;;;/h4-8,10,14H,9H2,1-3H3;1-2,6H,3-4H2;2,4-5H,1H3;3H,1-2H3;2*1H3;1H3,(H,3,4);2*1H4;/q;;;;;;;;;+1/p-1. The molecule has 4 aliphatic heterocycles. The number of ether oxygens (including phenoxy) is 1. The Balaban J connectivity index is 0.000000291. The van der Waals surface area contributed by atoms with Crippen LogP contribution in [0.25, 0.3) is 10.7 Å². The molecule has 0 bridgehead atoms. The van der Waals surface area contributed by atoms with Crippen molar-refractivity contribution < 1.29 is 80.5 Å². The summed E-state index contributed by atoms with van der Waals surface area (Å²) < 4.78 is 112. The number of esters is 1. The number of hydrogen-bond acceptors (Lipinski definition) is 18. The number of rotatable bonds is 12. The van der Waals surface area contributed by atoms with E-state index >= 15 is 0 Å². The van der Waals surface area contributed by atoms with Gasteiger partial charge in [-0.25, -0.2) is 62.9 Å². The van der Waals surface area contributed by atoms with Gasteiger partial charge in [0.05, 0.1) is 19.0 Å². The SMILES string of the molecule is C.C.CC(=O)[O][Pb]([c]1ccc(C)c(Cl)c1)([C]1(C)OO1)[C]1(C)OO1.CC(C)C(=O)Cl.Cc1ccc(C2=C(OC(=O)C(C)C)c3nccnc3N(CC(F)F)S2(=O)=O)c(Cl)c1.O=C1CS(=O)(=O)N(CC(F)F)c2nccnc21. The smallest absolute Gasteiger partial charge is 0.313 e. The quantitative estimate of drug-likeness (QED) is 0.0322. The molecule has 4 aromatic rings. The Labute approximate surface area is 457 Å². The largest absolute Gasteiger partial charge is 0.422 e. The fourth-order valence-electron chi connectivity index (χ4n) is 6.86. The molecular formula is C46H55Cl3F4N6O14PbS2. The molecule has 0 unspecified atom stereocenters. The van der Waals surface area contributed by atoms with Gasteiger partial charge in [0.25, 0.3) is 22.9 Å². The zero-order valence-electron chi connectivity index (χ0n) is 40.6. The molecule has 2 aromatic carbocycles. The van der Waals surface area contributed by atoms with Crippen LogP contribution in [0.15, 0.2) is 61.2 Å². The maximum absolute atomic E-state index is 13.4. The van der Waals surface area contributed by atoms with Gasteiger partial charge in [0, 0.05) is 41.3 Å². The average molecular weight is 1370 g/mol. The summed E-state index contributed by atoms with van der Waals surface area (Å²) in [6.07, 6.45) is -1.08. The molecule has 2 fully saturated rings. The summed E-state index contributed by atoms with van der Waals surface area (Å²) in [6, 6.07) is 10.1. The van der Waals surface area contributed by atoms with Crippen molar-refractivity contribution in [1.29, 1.82) is 0 Å². The van der Waals surface area contributed by atoms with Gasteiger partial charge in [-0.2, -0.15) is 0 Å². The van der Waals surface area contributed by atoms with Crippen molar-refractivity contribution in [3.05, 3.63) is 99.3 Å². The van der Waals surface area contributed by atoms with Crippen LogP contribution < -0.4 is 11.7 Å². The molecule has 0 saturated carbocycles. The molecule has 0 spiro atoms. The molecule has 6 heterocycles. The van der Waals surface area contributed by atoms with Crippen LogP contribution in [0.4, 0.5) is 29.2 Å². The Kier molecular flexibility index (Phi) is 22.5. The third-order valence-electron chi connectivity index (χ3n) is 10.6. The third kappa shape index (κ3) is 14.6. The van der Waals surface area contributed by atoms with Crippen LogP contribution in [-0.4, -0.2) is 120 Å². The topological polar surface area (TPSA) is 263 Å². The number of anilines is 2. The van der Waals surface area contributed by atoms with Crippen molar-refractivity contribution in [2.24, 2.45) is 11.8 Å². The van der Waals surface area contributed by atoms with Gasteiger partial charge in [-0.05, 0) is 30.2 Å². The summed E-state index contributed by atoms with van der Waals surface area (Å²) >= 11 is 13.1. The maximum Gasteiger partial charge on any atom is 0.313 e. The molecule has 4 aliphatic rings. The summed E-state index contributed by atoms with van der Waals surface area (Å²) in [4.78, 5) is 80.8. The van der Waals surface area contributed by atoms with E-state index < -0.39 is 114 Å². The molecule has 2 saturated heterocycles. The molecular weight excluding hydrogens is 1310 g/mol. The number of Topliss-reactive ketones (excluding diaryl/α,β-unsaturated/α-hetero) is 1. The van der Waals surface area contributed by atoms with Crippen LogP contribution in [0.5, 0.6) is 0 Å². The van der Waals surface area contributed by atoms with E-state index in [0.29, 0.717) is 13.6 Å². The zero-order valence-corrected chi connectivity index (χ0v) is 48.4. The molecule has 8 rings (SSSR count). The Morgan fingerprint density at radius 3 is 1.68 bits per heavy atom. The number of carbonyl (C=O) groups is 4. The third-order valence-corrected chi connectivity index (χ3v) is 33.2. The molecule has 30 heteroatoms. The number of sulfonamides is 2. The van der Waals surface area contributed by atoms with Crippen molar-refractivity contribution in [1.82, 2.24) is 19.9 Å². The van der Waals surface area contributed by atoms with Crippen LogP contribution in [-0.2, 0) is 61.4 Å². The number of carbonyl (C=O) groups excluding carboxylic acids is 4. The van der Waals surface area contributed by atoms with Gasteiger partial charge in [0.1, 0.15) is 10.7 Å². The number of benzene rings is 2. The van der Waals surface area contributed by atoms with Crippen LogP contribution in [0.2, 0.25) is 10.0 Å². The van der Waals surface area contributed by atoms with Gasteiger partial charge in [-0.3, -0.25) is 14.4 Å². The molecule has 0 radical (unpaired) electrons. The average Bonchev–Trinajstić information content (AvgIpc) is 4.25. The minimum Gasteiger partial charge on any atom is -0.422 e. The summed E-state index contributed by atoms with van der Waals surface area (Å²) in [6.45, 7) is 13.0. The van der Waals surface area contributed by atoms with E-state index in [1.165, 1.54) is 37.6 Å². The van der Waals surface area contributed by atoms with Crippen molar-refractivity contribution in [3.63, 3.8) is 0 Å². The fourth-order valence-corrected chi connectivity index (χ4v) is 26.5. The summed E-state index contributed by atoms with van der Waals surface area (Å²) in [5.41, 5.74) is 1.35. The normalized spacial score (nSPS) is 17.0. The summed E-state index contributed by atoms with van der Waals surface area (Å²) in [7, 11) is -8.69. The first-order chi connectivity index (χ1) is 34.3. The number of aryl methyl sites for hydroxylation is 2. The van der Waals surface area contributed by atoms with Gasteiger partial charge in [0.2, 0.25) is 21.0 Å². The van der Waals surface area contributed by atoms with E-state index in [4.69, 9.17) is 61.8 Å². The maximum atomic E-state index is 13.4. The van der Waals surface area contributed by atoms with Gasteiger partial charge < -0.3 is 4.74 Å². The minimum absolute atomic E-state index is 0. The number of nitrogens with zero attached hydrogens (tertiary/aromatic N) is 6. The molecule has 76 heavy (non-hydrogen) atoms. The van der Waals surface area contributed by atoms with Crippen molar-refractivity contribution in [3.8, 4) is 0 Å². The van der Waals surface area contributed by atoms with Crippen molar-refractivity contribution in [2.75, 3.05) is 27.5 Å². The summed E-state index contributed by atoms with van der Waals surface area (Å²) in [5, 5.41) is 0.364. The van der Waals surface area contributed by atoms with Gasteiger partial charge >= 0.3 is 138 Å². The molecule has 0 amide bonds. The van der Waals surface area contributed by atoms with Crippen LogP contribution in [0.3, 0.4) is 0 Å². The van der Waals surface area contributed by atoms with E-state index in [1.807, 2.05) is 19.1 Å². The predicted octanol–water partition coefficient (Wildman–Crippen LogP) is 8.43. The second kappa shape index (κ2) is 26.0. The van der Waals surface area contributed by atoms with E-state index in [0.717, 1.165) is 20.4 Å². The Bertz CT molecular complexity index is 3070. The van der Waals surface area contributed by atoms with E-state index in [-0.39, 0.29) is 59.6 Å². The minimum atomic E-state index is -4.61. The second-order valence-electron chi connectivity index (χ2n) is 17.1. The Morgan fingerprint density at radius 2 is 1.24 bits per heavy atom. The zero-order chi connectivity index (χ0) is 55.5. The Hall–Kier alpha value is -4.53. The van der Waals surface area contributed by atoms with E-state index in [2.05, 4.69) is 19.9 Å². The fraction of sp³-hybridized carbons (Fsp3) is 0.435.